The zero-order valence-corrected chi connectivity index (χ0v) is 21.3. The van der Waals surface area contributed by atoms with Crippen LogP contribution in [0.2, 0.25) is 0 Å². The molecule has 192 valence electrons. The van der Waals surface area contributed by atoms with Crippen molar-refractivity contribution in [1.82, 2.24) is 35.0 Å². The molecule has 1 aromatic carbocycles. The van der Waals surface area contributed by atoms with E-state index >= 15 is 0 Å². The Kier molecular flexibility index (Phi) is 7.00. The van der Waals surface area contributed by atoms with Crippen molar-refractivity contribution in [3.8, 4) is 22.8 Å². The highest BCUT2D eigenvalue weighted by atomic mass is 19.1. The maximum atomic E-state index is 14.6. The first-order valence-electron chi connectivity index (χ1n) is 12.0. The van der Waals surface area contributed by atoms with Crippen molar-refractivity contribution in [3.63, 3.8) is 0 Å². The minimum Gasteiger partial charge on any atom is -0.384 e. The summed E-state index contributed by atoms with van der Waals surface area (Å²) >= 11 is 0. The average molecular weight is 511 g/mol. The van der Waals surface area contributed by atoms with Gasteiger partial charge in [-0.1, -0.05) is 0 Å². The monoisotopic (exact) mass is 510 g/mol. The van der Waals surface area contributed by atoms with E-state index in [-0.39, 0.29) is 5.82 Å². The average Bonchev–Trinajstić information content (AvgIpc) is 3.51. The number of fused-ring (bicyclic) bond motifs is 2. The van der Waals surface area contributed by atoms with Crippen LogP contribution in [-0.4, -0.2) is 75.3 Å². The SMILES string of the molecule is C=N/C=N\C=C(/C)c1cnc2[nH]nc(-c3nc4c(-c5cc(F)cc(NCCN(C)C)c5)nccc4[nH]3)c2c1. The summed E-state index contributed by atoms with van der Waals surface area (Å²) in [7, 11) is 3.98. The number of aromatic amines is 2. The van der Waals surface area contributed by atoms with E-state index < -0.39 is 0 Å². The Hall–Kier alpha value is -4.77. The fraction of sp³-hybridized carbons (Fsp3) is 0.185. The van der Waals surface area contributed by atoms with Crippen molar-refractivity contribution in [2.45, 2.75) is 6.92 Å². The van der Waals surface area contributed by atoms with E-state index in [0.717, 1.165) is 28.6 Å². The largest absolute Gasteiger partial charge is 0.384 e. The summed E-state index contributed by atoms with van der Waals surface area (Å²) in [6.07, 6.45) is 6.50. The molecule has 0 spiro atoms. The molecule has 4 heterocycles. The molecule has 0 unspecified atom stereocenters. The van der Waals surface area contributed by atoms with Gasteiger partial charge in [-0.25, -0.2) is 19.4 Å². The fourth-order valence-electron chi connectivity index (χ4n) is 4.08. The minimum absolute atomic E-state index is 0.349. The van der Waals surface area contributed by atoms with Crippen LogP contribution in [0.25, 0.3) is 50.4 Å². The molecular formula is C27H27FN10. The van der Waals surface area contributed by atoms with E-state index in [0.29, 0.717) is 46.2 Å². The molecule has 38 heavy (non-hydrogen) atoms. The van der Waals surface area contributed by atoms with Crippen molar-refractivity contribution in [2.24, 2.45) is 9.98 Å². The Balaban J connectivity index is 1.54. The highest BCUT2D eigenvalue weighted by molar-refractivity contribution is 5.96. The number of hydrogen-bond acceptors (Lipinski definition) is 7. The third kappa shape index (κ3) is 5.18. The highest BCUT2D eigenvalue weighted by Gasteiger charge is 2.17. The lowest BCUT2D eigenvalue weighted by atomic mass is 10.1. The van der Waals surface area contributed by atoms with Gasteiger partial charge in [-0.15, -0.1) is 0 Å². The van der Waals surface area contributed by atoms with Gasteiger partial charge in [0.05, 0.1) is 16.6 Å². The normalized spacial score (nSPS) is 12.3. The van der Waals surface area contributed by atoms with Gasteiger partial charge in [-0.05, 0) is 69.2 Å². The molecule has 0 aliphatic heterocycles. The van der Waals surface area contributed by atoms with E-state index in [2.05, 4.69) is 52.1 Å². The fourth-order valence-corrected chi connectivity index (χ4v) is 4.08. The van der Waals surface area contributed by atoms with Gasteiger partial charge in [0.2, 0.25) is 0 Å². The number of rotatable bonds is 9. The molecule has 10 nitrogen and oxygen atoms in total. The Labute approximate surface area is 218 Å². The Morgan fingerprint density at radius 1 is 1.18 bits per heavy atom. The van der Waals surface area contributed by atoms with E-state index in [1.807, 2.05) is 39.2 Å². The van der Waals surface area contributed by atoms with Gasteiger partial charge in [0, 0.05) is 42.9 Å². The third-order valence-electron chi connectivity index (χ3n) is 5.97. The van der Waals surface area contributed by atoms with Crippen LogP contribution in [0.3, 0.4) is 0 Å². The number of aliphatic imine (C=N–C) groups is 2. The zero-order chi connectivity index (χ0) is 26.6. The van der Waals surface area contributed by atoms with Gasteiger partial charge in [-0.2, -0.15) is 5.10 Å². The molecule has 5 rings (SSSR count). The van der Waals surface area contributed by atoms with Crippen LogP contribution in [0.4, 0.5) is 10.1 Å². The quantitative estimate of drug-likeness (QED) is 0.194. The molecule has 0 amide bonds. The summed E-state index contributed by atoms with van der Waals surface area (Å²) in [6, 6.07) is 8.64. The second-order valence-electron chi connectivity index (χ2n) is 9.05. The summed E-state index contributed by atoms with van der Waals surface area (Å²) in [5.41, 5.74) is 6.31. The van der Waals surface area contributed by atoms with Crippen LogP contribution >= 0.6 is 0 Å². The number of nitrogens with zero attached hydrogens (tertiary/aromatic N) is 7. The first-order chi connectivity index (χ1) is 18.4. The van der Waals surface area contributed by atoms with Gasteiger partial charge in [0.1, 0.15) is 23.4 Å². The number of benzene rings is 1. The van der Waals surface area contributed by atoms with E-state index in [4.69, 9.17) is 4.98 Å². The molecular weight excluding hydrogens is 483 g/mol. The smallest absolute Gasteiger partial charge is 0.159 e. The second-order valence-corrected chi connectivity index (χ2v) is 9.05. The van der Waals surface area contributed by atoms with Crippen LogP contribution in [0.15, 0.2) is 58.9 Å². The van der Waals surface area contributed by atoms with Crippen molar-refractivity contribution < 1.29 is 4.39 Å². The number of anilines is 1. The molecule has 5 aromatic rings. The van der Waals surface area contributed by atoms with Gasteiger partial charge >= 0.3 is 0 Å². The number of H-pyrrole nitrogens is 2. The molecule has 0 atom stereocenters. The predicted molar refractivity (Wildman–Crippen MR) is 151 cm³/mol. The van der Waals surface area contributed by atoms with Crippen molar-refractivity contribution >= 4 is 46.4 Å². The van der Waals surface area contributed by atoms with E-state index in [1.54, 1.807) is 18.6 Å². The summed E-state index contributed by atoms with van der Waals surface area (Å²) in [5.74, 6) is 0.202. The molecule has 0 radical (unpaired) electrons. The summed E-state index contributed by atoms with van der Waals surface area (Å²) in [4.78, 5) is 27.0. The molecule has 3 N–H and O–H groups in total. The number of imidazole rings is 1. The maximum Gasteiger partial charge on any atom is 0.159 e. The second kappa shape index (κ2) is 10.7. The standard InChI is InChI=1S/C27H27FN10/c1-16(13-30-15-29-2)18-11-21-24(36-37-26(21)33-14-18)27-34-22-5-6-32-23(25(22)35-27)17-9-19(28)12-20(10-17)31-7-8-38(3)4/h5-6,9-15,31H,2,7-8H2,1,3-4H3,(H,34,35)(H,33,36,37)/b16-13+,30-15-. The Morgan fingerprint density at radius 3 is 2.87 bits per heavy atom. The number of hydrogen-bond donors (Lipinski definition) is 3. The van der Waals surface area contributed by atoms with Gasteiger partial charge in [-0.3, -0.25) is 15.1 Å². The van der Waals surface area contributed by atoms with Gasteiger partial charge < -0.3 is 15.2 Å². The van der Waals surface area contributed by atoms with Crippen LogP contribution in [-0.2, 0) is 0 Å². The summed E-state index contributed by atoms with van der Waals surface area (Å²) in [6.45, 7) is 6.84. The van der Waals surface area contributed by atoms with Crippen LogP contribution in [0.5, 0.6) is 0 Å². The maximum absolute atomic E-state index is 14.6. The van der Waals surface area contributed by atoms with Crippen LogP contribution in [0, 0.1) is 5.82 Å². The zero-order valence-electron chi connectivity index (χ0n) is 21.3. The molecule has 0 aliphatic rings. The molecule has 0 bridgehead atoms. The minimum atomic E-state index is -0.349. The van der Waals surface area contributed by atoms with Gasteiger partial charge in [0.15, 0.2) is 11.5 Å². The van der Waals surface area contributed by atoms with Crippen molar-refractivity contribution in [1.29, 1.82) is 0 Å². The molecule has 11 heteroatoms. The van der Waals surface area contributed by atoms with Crippen molar-refractivity contribution in [3.05, 3.63) is 60.3 Å². The number of aromatic nitrogens is 6. The van der Waals surface area contributed by atoms with Gasteiger partial charge in [0.25, 0.3) is 0 Å². The first-order valence-corrected chi connectivity index (χ1v) is 12.0. The Morgan fingerprint density at radius 2 is 2.05 bits per heavy atom. The lowest BCUT2D eigenvalue weighted by molar-refractivity contribution is 0.425. The molecule has 0 saturated carbocycles. The topological polar surface area (TPSA) is 123 Å². The lowest BCUT2D eigenvalue weighted by Crippen LogP contribution is -2.20. The summed E-state index contributed by atoms with van der Waals surface area (Å²) < 4.78 is 14.6. The molecule has 4 aromatic heterocycles. The van der Waals surface area contributed by atoms with E-state index in [9.17, 15) is 4.39 Å². The van der Waals surface area contributed by atoms with Crippen LogP contribution in [0.1, 0.15) is 12.5 Å². The Bertz CT molecular complexity index is 1680. The number of likely N-dealkylation sites (N-methyl/N-ethyl adjacent to an activating group) is 1. The molecule has 0 aliphatic carbocycles. The van der Waals surface area contributed by atoms with Crippen molar-refractivity contribution in [2.75, 3.05) is 32.5 Å². The lowest BCUT2D eigenvalue weighted by Gasteiger charge is -2.12. The summed E-state index contributed by atoms with van der Waals surface area (Å²) in [5, 5.41) is 11.5. The van der Waals surface area contributed by atoms with Crippen LogP contribution < -0.4 is 5.32 Å². The first kappa shape index (κ1) is 24.9. The number of allylic oxidation sites excluding steroid dienone is 1. The predicted octanol–water partition coefficient (Wildman–Crippen LogP) is 4.77. The number of halogens is 1. The molecule has 0 fully saturated rings. The number of pyridine rings is 2. The third-order valence-corrected chi connectivity index (χ3v) is 5.97. The number of nitrogens with one attached hydrogen (secondary N) is 3. The highest BCUT2D eigenvalue weighted by Crippen LogP contribution is 2.32. The molecule has 0 saturated heterocycles. The van der Waals surface area contributed by atoms with E-state index in [1.165, 1.54) is 18.5 Å².